The number of sulfone groups is 1. The van der Waals surface area contributed by atoms with Crippen molar-refractivity contribution >= 4 is 21.4 Å². The molecule has 6 nitrogen and oxygen atoms in total. The molecule has 0 amide bonds. The second-order valence-electron chi connectivity index (χ2n) is 6.57. The van der Waals surface area contributed by atoms with Crippen molar-refractivity contribution in [1.29, 1.82) is 0 Å². The third-order valence-electron chi connectivity index (χ3n) is 3.90. The largest absolute Gasteiger partial charge is 0.394 e. The van der Waals surface area contributed by atoms with E-state index < -0.39 is 15.9 Å². The van der Waals surface area contributed by atoms with Crippen LogP contribution in [0.4, 0.5) is 0 Å². The maximum absolute atomic E-state index is 11.6. The summed E-state index contributed by atoms with van der Waals surface area (Å²) in [5, 5.41) is 16.5. The van der Waals surface area contributed by atoms with E-state index in [1.807, 2.05) is 25.1 Å². The Balaban J connectivity index is 0.000000537. The van der Waals surface area contributed by atoms with Crippen molar-refractivity contribution in [2.45, 2.75) is 24.8 Å². The van der Waals surface area contributed by atoms with E-state index in [4.69, 9.17) is 21.8 Å². The van der Waals surface area contributed by atoms with Gasteiger partial charge in [-0.3, -0.25) is 9.97 Å². The number of halogens is 1. The molecule has 0 fully saturated rings. The predicted molar refractivity (Wildman–Crippen MR) is 115 cm³/mol. The number of aromatic nitrogens is 2. The number of aliphatic hydroxyl groups is 2. The fourth-order valence-electron chi connectivity index (χ4n) is 2.38. The van der Waals surface area contributed by atoms with Crippen LogP contribution in [0, 0.1) is 6.92 Å². The van der Waals surface area contributed by atoms with Crippen molar-refractivity contribution in [1.82, 2.24) is 9.97 Å². The molecule has 0 aliphatic carbocycles. The van der Waals surface area contributed by atoms with E-state index >= 15 is 0 Å². The summed E-state index contributed by atoms with van der Waals surface area (Å²) in [5.74, 6) is 0. The summed E-state index contributed by atoms with van der Waals surface area (Å²) in [6.45, 7) is 3.31. The van der Waals surface area contributed by atoms with Gasteiger partial charge in [0.25, 0.3) is 0 Å². The van der Waals surface area contributed by atoms with Crippen molar-refractivity contribution in [3.63, 3.8) is 0 Å². The normalized spacial score (nSPS) is 12.1. The van der Waals surface area contributed by atoms with Gasteiger partial charge in [0.05, 0.1) is 28.3 Å². The molecule has 0 spiro atoms. The van der Waals surface area contributed by atoms with Gasteiger partial charge < -0.3 is 10.2 Å². The maximum Gasteiger partial charge on any atom is 0.175 e. The predicted octanol–water partition coefficient (Wildman–Crippen LogP) is 3.54. The van der Waals surface area contributed by atoms with Crippen LogP contribution in [0.5, 0.6) is 0 Å². The van der Waals surface area contributed by atoms with E-state index in [1.54, 1.807) is 36.7 Å². The first-order valence-corrected chi connectivity index (χ1v) is 11.1. The lowest BCUT2D eigenvalue weighted by Crippen LogP contribution is -2.03. The highest BCUT2D eigenvalue weighted by atomic mass is 35.5. The molecule has 2 aromatic heterocycles. The summed E-state index contributed by atoms with van der Waals surface area (Å²) in [4.78, 5) is 9.02. The summed E-state index contributed by atoms with van der Waals surface area (Å²) >= 11 is 6.11. The van der Waals surface area contributed by atoms with Gasteiger partial charge in [0, 0.05) is 35.5 Å². The lowest BCUT2D eigenvalue weighted by Gasteiger charge is -2.10. The quantitative estimate of drug-likeness (QED) is 0.651. The van der Waals surface area contributed by atoms with Gasteiger partial charge in [-0.25, -0.2) is 8.42 Å². The Bertz CT molecular complexity index is 1050. The number of hydrogen-bond acceptors (Lipinski definition) is 6. The minimum Gasteiger partial charge on any atom is -0.394 e. The molecule has 0 saturated carbocycles. The first-order chi connectivity index (χ1) is 13.6. The van der Waals surface area contributed by atoms with Gasteiger partial charge in [-0.15, -0.1) is 0 Å². The molecule has 29 heavy (non-hydrogen) atoms. The molecule has 8 heteroatoms. The summed E-state index contributed by atoms with van der Waals surface area (Å²) < 4.78 is 23.2. The lowest BCUT2D eigenvalue weighted by molar-refractivity contribution is 0.110. The number of aryl methyl sites for hydroxylation is 1. The zero-order valence-corrected chi connectivity index (χ0v) is 17.9. The van der Waals surface area contributed by atoms with Gasteiger partial charge in [-0.05, 0) is 49.7 Å². The first-order valence-electron chi connectivity index (χ1n) is 8.80. The Hall–Kier alpha value is -2.32. The van der Waals surface area contributed by atoms with Crippen LogP contribution in [0.2, 0.25) is 5.02 Å². The van der Waals surface area contributed by atoms with Gasteiger partial charge in [0.2, 0.25) is 0 Å². The molecule has 154 valence electrons. The van der Waals surface area contributed by atoms with Crippen LogP contribution in [-0.4, -0.2) is 47.6 Å². The molecule has 0 bridgehead atoms. The number of pyridine rings is 2. The number of aliphatic hydroxyl groups excluding tert-OH is 2. The summed E-state index contributed by atoms with van der Waals surface area (Å²) in [6.07, 6.45) is 3.98. The van der Waals surface area contributed by atoms with Crippen LogP contribution in [0.25, 0.3) is 22.4 Å². The van der Waals surface area contributed by atoms with Gasteiger partial charge in [-0.2, -0.15) is 0 Å². The molecule has 3 aromatic rings. The van der Waals surface area contributed by atoms with Crippen LogP contribution in [-0.2, 0) is 9.84 Å². The van der Waals surface area contributed by atoms with Crippen LogP contribution in [0.1, 0.15) is 12.6 Å². The van der Waals surface area contributed by atoms with Crippen LogP contribution in [0.3, 0.4) is 0 Å². The Labute approximate surface area is 175 Å². The van der Waals surface area contributed by atoms with Gasteiger partial charge >= 0.3 is 0 Å². The number of hydrogen-bond donors (Lipinski definition) is 2. The highest BCUT2D eigenvalue weighted by molar-refractivity contribution is 7.90. The molecular weight excluding hydrogens is 412 g/mol. The fraction of sp³-hybridized carbons (Fsp3) is 0.238. The molecule has 2 heterocycles. The van der Waals surface area contributed by atoms with Crippen LogP contribution >= 0.6 is 11.6 Å². The molecule has 0 aliphatic heterocycles. The molecule has 1 atom stereocenters. The van der Waals surface area contributed by atoms with Crippen LogP contribution < -0.4 is 0 Å². The average Bonchev–Trinajstić information content (AvgIpc) is 2.68. The van der Waals surface area contributed by atoms with E-state index in [0.717, 1.165) is 28.1 Å². The van der Waals surface area contributed by atoms with Gasteiger partial charge in [0.15, 0.2) is 9.84 Å². The van der Waals surface area contributed by atoms with E-state index in [2.05, 4.69) is 9.97 Å². The molecule has 0 radical (unpaired) electrons. The highest BCUT2D eigenvalue weighted by Gasteiger charge is 2.12. The maximum atomic E-state index is 11.6. The molecule has 1 aromatic carbocycles. The first kappa shape index (κ1) is 23.0. The van der Waals surface area contributed by atoms with Gasteiger partial charge in [0.1, 0.15) is 0 Å². The van der Waals surface area contributed by atoms with Crippen molar-refractivity contribution in [2.75, 3.05) is 12.9 Å². The fourth-order valence-corrected chi connectivity index (χ4v) is 3.17. The Morgan fingerprint density at radius 3 is 2.10 bits per heavy atom. The standard InChI is InChI=1S/C18H15ClN2O2S.C3H8O2/c1-12-3-4-14(10-20-12)18-17(9-15(19)11-21-18)13-5-7-16(8-6-13)24(2,22)23;1-3(5)2-4/h3-11H,1-2H3;3-5H,2H2,1H3. The lowest BCUT2D eigenvalue weighted by atomic mass is 10.0. The minimum absolute atomic E-state index is 0.139. The highest BCUT2D eigenvalue weighted by Crippen LogP contribution is 2.32. The van der Waals surface area contributed by atoms with E-state index in [0.29, 0.717) is 5.02 Å². The number of rotatable bonds is 4. The summed E-state index contributed by atoms with van der Waals surface area (Å²) in [6, 6.07) is 12.4. The molecule has 0 aliphatic rings. The number of benzene rings is 1. The zero-order chi connectivity index (χ0) is 21.6. The Morgan fingerprint density at radius 2 is 1.62 bits per heavy atom. The number of nitrogens with zero attached hydrogens (tertiary/aromatic N) is 2. The third kappa shape index (κ3) is 6.61. The third-order valence-corrected chi connectivity index (χ3v) is 5.23. The zero-order valence-electron chi connectivity index (χ0n) is 16.4. The van der Waals surface area contributed by atoms with Crippen molar-refractivity contribution < 1.29 is 18.6 Å². The topological polar surface area (TPSA) is 100 Å². The van der Waals surface area contributed by atoms with E-state index in [-0.39, 0.29) is 11.5 Å². The smallest absolute Gasteiger partial charge is 0.175 e. The summed E-state index contributed by atoms with van der Waals surface area (Å²) in [7, 11) is -3.23. The molecule has 3 rings (SSSR count). The molecule has 0 saturated heterocycles. The molecule has 2 N–H and O–H groups in total. The second kappa shape index (κ2) is 9.93. The van der Waals surface area contributed by atoms with Crippen molar-refractivity contribution in [3.8, 4) is 22.4 Å². The Kier molecular flexibility index (Phi) is 7.87. The molecular formula is C21H23ClN2O4S. The molecule has 1 unspecified atom stereocenters. The van der Waals surface area contributed by atoms with Crippen molar-refractivity contribution in [3.05, 3.63) is 65.6 Å². The second-order valence-corrected chi connectivity index (χ2v) is 9.02. The minimum atomic E-state index is -3.23. The van der Waals surface area contributed by atoms with Crippen molar-refractivity contribution in [2.24, 2.45) is 0 Å². The van der Waals surface area contributed by atoms with Crippen LogP contribution in [0.15, 0.2) is 59.8 Å². The Morgan fingerprint density at radius 1 is 1.03 bits per heavy atom. The van der Waals surface area contributed by atoms with E-state index in [9.17, 15) is 8.42 Å². The summed E-state index contributed by atoms with van der Waals surface area (Å²) in [5.41, 5.74) is 4.21. The monoisotopic (exact) mass is 434 g/mol. The van der Waals surface area contributed by atoms with Gasteiger partial charge in [-0.1, -0.05) is 23.7 Å². The SMILES string of the molecule is CC(O)CO.Cc1ccc(-c2ncc(Cl)cc2-c2ccc(S(C)(=O)=O)cc2)cn1. The van der Waals surface area contributed by atoms with E-state index in [1.165, 1.54) is 13.2 Å². The average molecular weight is 435 g/mol.